The molecule has 0 spiro atoms. The Bertz CT molecular complexity index is 655. The quantitative estimate of drug-likeness (QED) is 0.748. The predicted molar refractivity (Wildman–Crippen MR) is 86.6 cm³/mol. The van der Waals surface area contributed by atoms with Gasteiger partial charge in [0.15, 0.2) is 0 Å². The van der Waals surface area contributed by atoms with E-state index in [9.17, 15) is 9.18 Å². The highest BCUT2D eigenvalue weighted by molar-refractivity contribution is 14.1. The molecule has 1 aromatic carbocycles. The van der Waals surface area contributed by atoms with Gasteiger partial charge in [0, 0.05) is 8.45 Å². The van der Waals surface area contributed by atoms with Gasteiger partial charge in [-0.3, -0.25) is 4.79 Å². The van der Waals surface area contributed by atoms with E-state index in [0.29, 0.717) is 9.13 Å². The molecule has 1 aromatic heterocycles. The standard InChI is InChI=1S/C15H13FINOS/c16-9-4-5-10(12(17)8-9)15(19)18-13-2-1-3-14-11(13)6-7-20-14/h4-8,13H,1-3H2,(H,18,19). The zero-order valence-corrected chi connectivity index (χ0v) is 13.6. The third kappa shape index (κ3) is 2.74. The summed E-state index contributed by atoms with van der Waals surface area (Å²) in [6, 6.07) is 6.43. The van der Waals surface area contributed by atoms with E-state index in [1.54, 1.807) is 17.4 Å². The maximum absolute atomic E-state index is 13.1. The molecule has 2 nitrogen and oxygen atoms in total. The number of carbonyl (C=O) groups is 1. The molecular formula is C15H13FINOS. The molecule has 0 fully saturated rings. The van der Waals surface area contributed by atoms with Crippen LogP contribution in [0, 0.1) is 9.39 Å². The molecule has 0 saturated heterocycles. The van der Waals surface area contributed by atoms with Crippen LogP contribution < -0.4 is 5.32 Å². The Kier molecular flexibility index (Phi) is 4.07. The average Bonchev–Trinajstić information content (AvgIpc) is 2.87. The summed E-state index contributed by atoms with van der Waals surface area (Å²) in [5, 5.41) is 5.16. The van der Waals surface area contributed by atoms with Gasteiger partial charge < -0.3 is 5.32 Å². The summed E-state index contributed by atoms with van der Waals surface area (Å²) in [5.74, 6) is -0.442. The largest absolute Gasteiger partial charge is 0.345 e. The molecule has 0 radical (unpaired) electrons. The number of nitrogens with one attached hydrogen (secondary N) is 1. The Balaban J connectivity index is 1.81. The van der Waals surface area contributed by atoms with Gasteiger partial charge in [0.1, 0.15) is 5.82 Å². The molecule has 1 atom stereocenters. The van der Waals surface area contributed by atoms with Crippen molar-refractivity contribution < 1.29 is 9.18 Å². The number of thiophene rings is 1. The van der Waals surface area contributed by atoms with Crippen molar-refractivity contribution in [2.75, 3.05) is 0 Å². The summed E-state index contributed by atoms with van der Waals surface area (Å²) in [6.07, 6.45) is 3.17. The van der Waals surface area contributed by atoms with E-state index in [-0.39, 0.29) is 17.8 Å². The number of carbonyl (C=O) groups excluding carboxylic acids is 1. The number of hydrogen-bond acceptors (Lipinski definition) is 2. The zero-order chi connectivity index (χ0) is 14.1. The maximum Gasteiger partial charge on any atom is 0.252 e. The molecule has 0 aliphatic heterocycles. The minimum atomic E-state index is -0.316. The SMILES string of the molecule is O=C(NC1CCCc2sccc21)c1ccc(F)cc1I. The lowest BCUT2D eigenvalue weighted by Gasteiger charge is -2.24. The van der Waals surface area contributed by atoms with Crippen molar-refractivity contribution >= 4 is 39.8 Å². The summed E-state index contributed by atoms with van der Waals surface area (Å²) in [6.45, 7) is 0. The number of hydrogen-bond donors (Lipinski definition) is 1. The molecule has 1 amide bonds. The van der Waals surface area contributed by atoms with Crippen LogP contribution in [0.4, 0.5) is 4.39 Å². The van der Waals surface area contributed by atoms with Gasteiger partial charge in [-0.15, -0.1) is 11.3 Å². The van der Waals surface area contributed by atoms with Crippen LogP contribution in [-0.4, -0.2) is 5.91 Å². The zero-order valence-electron chi connectivity index (χ0n) is 10.7. The van der Waals surface area contributed by atoms with Crippen LogP contribution >= 0.6 is 33.9 Å². The second kappa shape index (κ2) is 5.81. The molecule has 5 heteroatoms. The highest BCUT2D eigenvalue weighted by Gasteiger charge is 2.23. The minimum absolute atomic E-state index is 0.0818. The Morgan fingerprint density at radius 1 is 1.40 bits per heavy atom. The number of rotatable bonds is 2. The number of fused-ring (bicyclic) bond motifs is 1. The Morgan fingerprint density at radius 2 is 2.25 bits per heavy atom. The molecule has 1 N–H and O–H groups in total. The minimum Gasteiger partial charge on any atom is -0.345 e. The highest BCUT2D eigenvalue weighted by atomic mass is 127. The Morgan fingerprint density at radius 3 is 3.05 bits per heavy atom. The number of benzene rings is 1. The van der Waals surface area contributed by atoms with Crippen LogP contribution in [0.15, 0.2) is 29.6 Å². The first-order valence-electron chi connectivity index (χ1n) is 6.47. The van der Waals surface area contributed by atoms with Crippen molar-refractivity contribution in [2.24, 2.45) is 0 Å². The van der Waals surface area contributed by atoms with Gasteiger partial charge in [0.05, 0.1) is 11.6 Å². The first-order valence-corrected chi connectivity index (χ1v) is 8.43. The van der Waals surface area contributed by atoms with Crippen molar-refractivity contribution in [3.8, 4) is 0 Å². The number of amides is 1. The van der Waals surface area contributed by atoms with Crippen molar-refractivity contribution in [3.05, 3.63) is 55.0 Å². The van der Waals surface area contributed by atoms with Gasteiger partial charge in [-0.25, -0.2) is 4.39 Å². The summed E-state index contributed by atoms with van der Waals surface area (Å²) in [5.41, 5.74) is 1.78. The van der Waals surface area contributed by atoms with E-state index in [4.69, 9.17) is 0 Å². The van der Waals surface area contributed by atoms with Crippen molar-refractivity contribution in [1.82, 2.24) is 5.32 Å². The van der Waals surface area contributed by atoms with E-state index in [1.165, 1.54) is 22.6 Å². The van der Waals surface area contributed by atoms with E-state index >= 15 is 0 Å². The smallest absolute Gasteiger partial charge is 0.252 e. The van der Waals surface area contributed by atoms with Crippen LogP contribution in [0.2, 0.25) is 0 Å². The van der Waals surface area contributed by atoms with E-state index in [2.05, 4.69) is 16.8 Å². The molecule has 1 aliphatic carbocycles. The molecule has 1 heterocycles. The lowest BCUT2D eigenvalue weighted by atomic mass is 9.94. The van der Waals surface area contributed by atoms with Crippen molar-refractivity contribution in [3.63, 3.8) is 0 Å². The normalized spacial score (nSPS) is 17.6. The summed E-state index contributed by atoms with van der Waals surface area (Å²) < 4.78 is 13.7. The van der Waals surface area contributed by atoms with E-state index in [0.717, 1.165) is 19.3 Å². The molecule has 104 valence electrons. The van der Waals surface area contributed by atoms with E-state index < -0.39 is 0 Å². The van der Waals surface area contributed by atoms with Gasteiger partial charge >= 0.3 is 0 Å². The molecule has 1 unspecified atom stereocenters. The van der Waals surface area contributed by atoms with Gasteiger partial charge in [0.2, 0.25) is 0 Å². The topological polar surface area (TPSA) is 29.1 Å². The molecule has 2 aromatic rings. The van der Waals surface area contributed by atoms with E-state index in [1.807, 2.05) is 22.6 Å². The third-order valence-electron chi connectivity index (χ3n) is 3.53. The Labute approximate surface area is 134 Å². The first-order chi connectivity index (χ1) is 9.65. The second-order valence-electron chi connectivity index (χ2n) is 4.84. The lowest BCUT2D eigenvalue weighted by molar-refractivity contribution is 0.0932. The van der Waals surface area contributed by atoms with Gasteiger partial charge in [-0.2, -0.15) is 0 Å². The monoisotopic (exact) mass is 401 g/mol. The maximum atomic E-state index is 13.1. The summed E-state index contributed by atoms with van der Waals surface area (Å²) in [7, 11) is 0. The average molecular weight is 401 g/mol. The Hall–Kier alpha value is -0.950. The number of aryl methyl sites for hydroxylation is 1. The predicted octanol–water partition coefficient (Wildman–Crippen LogP) is 4.30. The van der Waals surface area contributed by atoms with Crippen LogP contribution in [0.5, 0.6) is 0 Å². The molecule has 3 rings (SSSR count). The third-order valence-corrected chi connectivity index (χ3v) is 5.42. The fourth-order valence-electron chi connectivity index (χ4n) is 2.55. The van der Waals surface area contributed by atoms with Gasteiger partial charge in [-0.05, 0) is 77.1 Å². The molecule has 20 heavy (non-hydrogen) atoms. The summed E-state index contributed by atoms with van der Waals surface area (Å²) in [4.78, 5) is 13.7. The lowest BCUT2D eigenvalue weighted by Crippen LogP contribution is -2.30. The van der Waals surface area contributed by atoms with Crippen LogP contribution in [0.3, 0.4) is 0 Å². The van der Waals surface area contributed by atoms with Crippen LogP contribution in [0.1, 0.15) is 39.7 Å². The molecule has 0 bridgehead atoms. The number of halogens is 2. The first kappa shape index (κ1) is 14.0. The second-order valence-corrected chi connectivity index (χ2v) is 7.00. The van der Waals surface area contributed by atoms with Crippen molar-refractivity contribution in [1.29, 1.82) is 0 Å². The molecular weight excluding hydrogens is 388 g/mol. The van der Waals surface area contributed by atoms with Crippen LogP contribution in [-0.2, 0) is 6.42 Å². The van der Waals surface area contributed by atoms with Gasteiger partial charge in [-0.1, -0.05) is 0 Å². The highest BCUT2D eigenvalue weighted by Crippen LogP contribution is 2.33. The molecule has 0 saturated carbocycles. The van der Waals surface area contributed by atoms with Gasteiger partial charge in [0.25, 0.3) is 5.91 Å². The van der Waals surface area contributed by atoms with Crippen molar-refractivity contribution in [2.45, 2.75) is 25.3 Å². The molecule has 1 aliphatic rings. The summed E-state index contributed by atoms with van der Waals surface area (Å²) >= 11 is 3.75. The fourth-order valence-corrected chi connectivity index (χ4v) is 4.26. The van der Waals surface area contributed by atoms with Crippen LogP contribution in [0.25, 0.3) is 0 Å². The fraction of sp³-hybridized carbons (Fsp3) is 0.267.